The van der Waals surface area contributed by atoms with E-state index in [0.717, 1.165) is 12.1 Å². The van der Waals surface area contributed by atoms with Gasteiger partial charge in [-0.2, -0.15) is 0 Å². The molecule has 25 heavy (non-hydrogen) atoms. The van der Waals surface area contributed by atoms with Gasteiger partial charge in [0.15, 0.2) is 14.9 Å². The molecule has 5 nitrogen and oxygen atoms in total. The summed E-state index contributed by atoms with van der Waals surface area (Å²) >= 11 is 5.58. The van der Waals surface area contributed by atoms with Crippen molar-refractivity contribution >= 4 is 32.9 Å². The summed E-state index contributed by atoms with van der Waals surface area (Å²) in [5.74, 6) is 0.897. The van der Waals surface area contributed by atoms with E-state index >= 15 is 0 Å². The van der Waals surface area contributed by atoms with E-state index in [4.69, 9.17) is 17.0 Å². The summed E-state index contributed by atoms with van der Waals surface area (Å²) in [6.07, 6.45) is 1.44. The molecule has 1 aromatic rings. The number of rotatable bonds is 7. The van der Waals surface area contributed by atoms with Crippen LogP contribution in [0.3, 0.4) is 0 Å². The van der Waals surface area contributed by atoms with Gasteiger partial charge in [-0.25, -0.2) is 8.42 Å². The van der Waals surface area contributed by atoms with Crippen molar-refractivity contribution in [1.29, 1.82) is 0 Å². The first kappa shape index (κ1) is 20.1. The average Bonchev–Trinajstić information content (AvgIpc) is 2.91. The van der Waals surface area contributed by atoms with Crippen molar-refractivity contribution in [3.05, 3.63) is 29.8 Å². The fourth-order valence-electron chi connectivity index (χ4n) is 3.00. The fraction of sp³-hybridized carbons (Fsp3) is 0.611. The van der Waals surface area contributed by atoms with Crippen LogP contribution in [0.4, 0.5) is 5.69 Å². The molecule has 0 amide bonds. The van der Waals surface area contributed by atoms with E-state index in [9.17, 15) is 8.42 Å². The number of methoxy groups -OCH3 is 1. The smallest absolute Gasteiger partial charge is 0.173 e. The zero-order valence-corrected chi connectivity index (χ0v) is 16.8. The molecular formula is C18H28N2O3S2. The van der Waals surface area contributed by atoms with E-state index in [1.807, 2.05) is 17.0 Å². The number of nitrogens with zero attached hydrogens (tertiary/aromatic N) is 1. The summed E-state index contributed by atoms with van der Waals surface area (Å²) in [7, 11) is -1.29. The largest absolute Gasteiger partial charge is 0.385 e. The second kappa shape index (κ2) is 8.96. The summed E-state index contributed by atoms with van der Waals surface area (Å²) in [6.45, 7) is 5.63. The number of ether oxygens (including phenoxy) is 1. The Morgan fingerprint density at radius 1 is 1.36 bits per heavy atom. The highest BCUT2D eigenvalue weighted by Crippen LogP contribution is 2.21. The minimum Gasteiger partial charge on any atom is -0.385 e. The first-order valence-corrected chi connectivity index (χ1v) is 10.9. The number of nitrogens with one attached hydrogen (secondary N) is 1. The van der Waals surface area contributed by atoms with E-state index < -0.39 is 9.84 Å². The van der Waals surface area contributed by atoms with Crippen LogP contribution in [0.25, 0.3) is 0 Å². The molecule has 7 heteroatoms. The van der Waals surface area contributed by atoms with Gasteiger partial charge in [0.25, 0.3) is 0 Å². The van der Waals surface area contributed by atoms with Crippen LogP contribution in [-0.4, -0.2) is 56.2 Å². The standard InChI is InChI=1S/C18H28N2O3S2/c1-14(2)15-5-7-16(8-6-15)19-18(24)20(10-4-11-23-3)17-9-12-25(21,22)13-17/h5-8,14,17H,4,9-13H2,1-3H3,(H,19,24)/t17-/m1/s1. The van der Waals surface area contributed by atoms with Gasteiger partial charge in [-0.3, -0.25) is 0 Å². The molecule has 1 aromatic carbocycles. The van der Waals surface area contributed by atoms with E-state index in [-0.39, 0.29) is 17.5 Å². The van der Waals surface area contributed by atoms with Gasteiger partial charge in [-0.15, -0.1) is 0 Å². The highest BCUT2D eigenvalue weighted by atomic mass is 32.2. The molecule has 0 bridgehead atoms. The lowest BCUT2D eigenvalue weighted by Crippen LogP contribution is -2.44. The summed E-state index contributed by atoms with van der Waals surface area (Å²) in [5.41, 5.74) is 2.20. The van der Waals surface area contributed by atoms with Crippen molar-refractivity contribution in [3.63, 3.8) is 0 Å². The predicted octanol–water partition coefficient (Wildman–Crippen LogP) is 3.03. The van der Waals surface area contributed by atoms with Crippen molar-refractivity contribution in [2.75, 3.05) is 37.1 Å². The Morgan fingerprint density at radius 2 is 2.04 bits per heavy atom. The quantitative estimate of drug-likeness (QED) is 0.576. The van der Waals surface area contributed by atoms with E-state index in [0.29, 0.717) is 30.6 Å². The van der Waals surface area contributed by atoms with Crippen molar-refractivity contribution in [1.82, 2.24) is 4.90 Å². The van der Waals surface area contributed by atoms with Gasteiger partial charge in [-0.1, -0.05) is 26.0 Å². The van der Waals surface area contributed by atoms with Crippen molar-refractivity contribution < 1.29 is 13.2 Å². The van der Waals surface area contributed by atoms with Gasteiger partial charge in [-0.05, 0) is 48.7 Å². The lowest BCUT2D eigenvalue weighted by atomic mass is 10.0. The zero-order chi connectivity index (χ0) is 18.4. The van der Waals surface area contributed by atoms with E-state index in [1.54, 1.807) is 7.11 Å². The fourth-order valence-corrected chi connectivity index (χ4v) is 5.09. The molecule has 0 saturated carbocycles. The Hall–Kier alpha value is -1.18. The summed E-state index contributed by atoms with van der Waals surface area (Å²) < 4.78 is 28.8. The maximum absolute atomic E-state index is 11.8. The predicted molar refractivity (Wildman–Crippen MR) is 107 cm³/mol. The third-order valence-corrected chi connectivity index (χ3v) is 6.57. The molecule has 0 radical (unpaired) electrons. The molecule has 1 N–H and O–H groups in total. The SMILES string of the molecule is COCCCN(C(=S)Nc1ccc(C(C)C)cc1)[C@@H]1CCS(=O)(=O)C1. The molecular weight excluding hydrogens is 356 g/mol. The Bertz CT molecular complexity index is 672. The zero-order valence-electron chi connectivity index (χ0n) is 15.2. The van der Waals surface area contributed by atoms with Crippen LogP contribution in [-0.2, 0) is 14.6 Å². The molecule has 0 spiro atoms. The second-order valence-corrected chi connectivity index (χ2v) is 9.42. The lowest BCUT2D eigenvalue weighted by Gasteiger charge is -2.31. The first-order chi connectivity index (χ1) is 11.8. The van der Waals surface area contributed by atoms with Crippen LogP contribution in [0.2, 0.25) is 0 Å². The van der Waals surface area contributed by atoms with Crippen molar-refractivity contribution in [2.24, 2.45) is 0 Å². The lowest BCUT2D eigenvalue weighted by molar-refractivity contribution is 0.181. The van der Waals surface area contributed by atoms with E-state index in [1.165, 1.54) is 5.56 Å². The maximum atomic E-state index is 11.8. The van der Waals surface area contributed by atoms with Gasteiger partial charge in [0, 0.05) is 32.0 Å². The Labute approximate surface area is 156 Å². The molecule has 2 rings (SSSR count). The summed E-state index contributed by atoms with van der Waals surface area (Å²) in [4.78, 5) is 2.01. The molecule has 0 aromatic heterocycles. The number of anilines is 1. The van der Waals surface area contributed by atoms with Crippen LogP contribution in [0.5, 0.6) is 0 Å². The highest BCUT2D eigenvalue weighted by Gasteiger charge is 2.33. The maximum Gasteiger partial charge on any atom is 0.173 e. The molecule has 140 valence electrons. The Morgan fingerprint density at radius 3 is 2.56 bits per heavy atom. The van der Waals surface area contributed by atoms with Crippen LogP contribution >= 0.6 is 12.2 Å². The number of thiocarbonyl (C=S) groups is 1. The topological polar surface area (TPSA) is 58.6 Å². The molecule has 1 aliphatic heterocycles. The minimum absolute atomic E-state index is 0.0585. The molecule has 0 aliphatic carbocycles. The minimum atomic E-state index is -2.95. The van der Waals surface area contributed by atoms with Crippen molar-refractivity contribution in [3.8, 4) is 0 Å². The number of hydrogen-bond donors (Lipinski definition) is 1. The van der Waals surface area contributed by atoms with Gasteiger partial charge in [0.2, 0.25) is 0 Å². The molecule has 1 aliphatic rings. The summed E-state index contributed by atoms with van der Waals surface area (Å²) in [6, 6.07) is 8.15. The van der Waals surface area contributed by atoms with Crippen LogP contribution in [0.15, 0.2) is 24.3 Å². The number of sulfone groups is 1. The number of benzene rings is 1. The van der Waals surface area contributed by atoms with Crippen LogP contribution < -0.4 is 5.32 Å². The first-order valence-electron chi connectivity index (χ1n) is 8.69. The number of hydrogen-bond acceptors (Lipinski definition) is 4. The Balaban J connectivity index is 2.06. The normalized spacial score (nSPS) is 19.1. The van der Waals surface area contributed by atoms with Crippen LogP contribution in [0, 0.1) is 0 Å². The van der Waals surface area contributed by atoms with E-state index in [2.05, 4.69) is 31.3 Å². The molecule has 1 saturated heterocycles. The summed E-state index contributed by atoms with van der Waals surface area (Å²) in [5, 5.41) is 3.84. The average molecular weight is 385 g/mol. The van der Waals surface area contributed by atoms with Crippen LogP contribution in [0.1, 0.15) is 38.2 Å². The van der Waals surface area contributed by atoms with Gasteiger partial charge in [0.05, 0.1) is 11.5 Å². The van der Waals surface area contributed by atoms with Crippen molar-refractivity contribution in [2.45, 2.75) is 38.6 Å². The Kier molecular flexibility index (Phi) is 7.22. The molecule has 1 heterocycles. The highest BCUT2D eigenvalue weighted by molar-refractivity contribution is 7.91. The molecule has 1 fully saturated rings. The third kappa shape index (κ3) is 5.94. The monoisotopic (exact) mass is 384 g/mol. The van der Waals surface area contributed by atoms with Gasteiger partial charge in [0.1, 0.15) is 0 Å². The van der Waals surface area contributed by atoms with Gasteiger partial charge < -0.3 is 15.0 Å². The molecule has 0 unspecified atom stereocenters. The molecule has 1 atom stereocenters. The second-order valence-electron chi connectivity index (χ2n) is 6.80. The third-order valence-electron chi connectivity index (χ3n) is 4.49. The van der Waals surface area contributed by atoms with Gasteiger partial charge >= 0.3 is 0 Å².